The summed E-state index contributed by atoms with van der Waals surface area (Å²) in [5, 5.41) is 7.51. The number of hydrogen-bond donors (Lipinski definition) is 1. The fourth-order valence-electron chi connectivity index (χ4n) is 3.80. The van der Waals surface area contributed by atoms with Gasteiger partial charge in [-0.15, -0.1) is 11.3 Å². The first-order valence-electron chi connectivity index (χ1n) is 11.3. The molecule has 0 aliphatic carbocycles. The van der Waals surface area contributed by atoms with Gasteiger partial charge in [0.05, 0.1) is 25.8 Å². The quantitative estimate of drug-likeness (QED) is 0.188. The van der Waals surface area contributed by atoms with E-state index in [4.69, 9.17) is 14.2 Å². The van der Waals surface area contributed by atoms with E-state index in [1.165, 1.54) is 0 Å². The van der Waals surface area contributed by atoms with Crippen molar-refractivity contribution in [3.8, 4) is 28.4 Å². The van der Waals surface area contributed by atoms with Crippen molar-refractivity contribution in [2.45, 2.75) is 6.61 Å². The lowest BCUT2D eigenvalue weighted by Gasteiger charge is -2.12. The minimum Gasteiger partial charge on any atom is -0.497 e. The minimum atomic E-state index is 0.341. The zero-order valence-corrected chi connectivity index (χ0v) is 20.7. The van der Waals surface area contributed by atoms with E-state index in [0.717, 1.165) is 49.7 Å². The Kier molecular flexibility index (Phi) is 7.05. The largest absolute Gasteiger partial charge is 0.497 e. The molecule has 0 radical (unpaired) electrons. The van der Waals surface area contributed by atoms with Crippen molar-refractivity contribution in [1.29, 1.82) is 0 Å². The van der Waals surface area contributed by atoms with Gasteiger partial charge in [0.2, 0.25) is 0 Å². The summed E-state index contributed by atoms with van der Waals surface area (Å²) in [4.78, 5) is 9.77. The number of methoxy groups -OCH3 is 2. The van der Waals surface area contributed by atoms with Crippen molar-refractivity contribution in [3.63, 3.8) is 0 Å². The lowest BCUT2D eigenvalue weighted by Crippen LogP contribution is -2.01. The molecule has 5 aromatic rings. The molecule has 0 amide bonds. The summed E-state index contributed by atoms with van der Waals surface area (Å²) in [7, 11) is 3.28. The number of hydrazone groups is 1. The van der Waals surface area contributed by atoms with E-state index in [-0.39, 0.29) is 0 Å². The highest BCUT2D eigenvalue weighted by Crippen LogP contribution is 2.36. The van der Waals surface area contributed by atoms with Crippen molar-refractivity contribution in [1.82, 2.24) is 9.97 Å². The van der Waals surface area contributed by atoms with Crippen LogP contribution in [0.3, 0.4) is 0 Å². The second-order valence-corrected chi connectivity index (χ2v) is 8.68. The van der Waals surface area contributed by atoms with Crippen LogP contribution in [0.1, 0.15) is 11.1 Å². The fourth-order valence-corrected chi connectivity index (χ4v) is 4.72. The predicted molar refractivity (Wildman–Crippen MR) is 144 cm³/mol. The maximum Gasteiger partial charge on any atom is 0.159 e. The highest BCUT2D eigenvalue weighted by molar-refractivity contribution is 7.17. The molecule has 0 unspecified atom stereocenters. The first-order valence-corrected chi connectivity index (χ1v) is 12.1. The second kappa shape index (κ2) is 10.9. The van der Waals surface area contributed by atoms with Gasteiger partial charge in [-0.2, -0.15) is 5.10 Å². The van der Waals surface area contributed by atoms with Gasteiger partial charge in [0, 0.05) is 22.6 Å². The molecular formula is C28H24N4O3S. The summed E-state index contributed by atoms with van der Waals surface area (Å²) in [6, 6.07) is 23.5. The number of fused-ring (bicyclic) bond motifs is 1. The number of aromatic nitrogens is 2. The monoisotopic (exact) mass is 496 g/mol. The molecule has 0 aliphatic heterocycles. The molecule has 2 heterocycles. The normalized spacial score (nSPS) is 11.1. The maximum absolute atomic E-state index is 5.96. The number of thiophene rings is 1. The molecule has 3 aromatic carbocycles. The van der Waals surface area contributed by atoms with Crippen molar-refractivity contribution in [3.05, 3.63) is 95.6 Å². The predicted octanol–water partition coefficient (Wildman–Crippen LogP) is 6.40. The van der Waals surface area contributed by atoms with Gasteiger partial charge in [0.15, 0.2) is 5.82 Å². The van der Waals surface area contributed by atoms with Crippen LogP contribution in [-0.2, 0) is 6.61 Å². The van der Waals surface area contributed by atoms with E-state index in [0.29, 0.717) is 12.4 Å². The van der Waals surface area contributed by atoms with Gasteiger partial charge in [-0.3, -0.25) is 5.43 Å². The molecule has 2 aromatic heterocycles. The average Bonchev–Trinajstić information content (AvgIpc) is 3.38. The number of nitrogens with zero attached hydrogens (tertiary/aromatic N) is 3. The van der Waals surface area contributed by atoms with Gasteiger partial charge in [0.25, 0.3) is 0 Å². The molecule has 180 valence electrons. The Hall–Kier alpha value is -4.43. The Balaban J connectivity index is 1.35. The molecule has 0 spiro atoms. The zero-order chi connectivity index (χ0) is 24.7. The molecule has 0 bridgehead atoms. The number of nitrogens with one attached hydrogen (secondary N) is 1. The third-order valence-corrected chi connectivity index (χ3v) is 6.47. The van der Waals surface area contributed by atoms with E-state index < -0.39 is 0 Å². The molecule has 0 fully saturated rings. The van der Waals surface area contributed by atoms with Crippen LogP contribution in [0.2, 0.25) is 0 Å². The van der Waals surface area contributed by atoms with Crippen molar-refractivity contribution < 1.29 is 14.2 Å². The summed E-state index contributed by atoms with van der Waals surface area (Å²) >= 11 is 1.59. The lowest BCUT2D eigenvalue weighted by atomic mass is 10.1. The van der Waals surface area contributed by atoms with Gasteiger partial charge in [-0.05, 0) is 41.5 Å². The van der Waals surface area contributed by atoms with E-state index >= 15 is 0 Å². The van der Waals surface area contributed by atoms with Crippen molar-refractivity contribution in [2.24, 2.45) is 5.10 Å². The molecule has 8 heteroatoms. The smallest absolute Gasteiger partial charge is 0.159 e. The SMILES string of the molecule is COc1cccc(OCc2cc(/C=N\Nc3ncnc4scc(-c5ccccc5)c34)ccc2OC)c1. The molecule has 1 N–H and O–H groups in total. The summed E-state index contributed by atoms with van der Waals surface area (Å²) in [5.74, 6) is 2.86. The van der Waals surface area contributed by atoms with E-state index in [9.17, 15) is 0 Å². The highest BCUT2D eigenvalue weighted by Gasteiger charge is 2.12. The van der Waals surface area contributed by atoms with Gasteiger partial charge < -0.3 is 14.2 Å². The number of anilines is 1. The topological polar surface area (TPSA) is 77.9 Å². The van der Waals surface area contributed by atoms with Crippen LogP contribution in [-0.4, -0.2) is 30.4 Å². The van der Waals surface area contributed by atoms with Crippen LogP contribution in [0.25, 0.3) is 21.3 Å². The fraction of sp³-hybridized carbons (Fsp3) is 0.107. The van der Waals surface area contributed by atoms with Crippen LogP contribution in [0, 0.1) is 0 Å². The maximum atomic E-state index is 5.96. The Labute approximate surface area is 213 Å². The Bertz CT molecular complexity index is 1500. The van der Waals surface area contributed by atoms with Gasteiger partial charge in [-0.25, -0.2) is 9.97 Å². The second-order valence-electron chi connectivity index (χ2n) is 7.83. The molecule has 36 heavy (non-hydrogen) atoms. The van der Waals surface area contributed by atoms with E-state index in [1.54, 1.807) is 38.1 Å². The number of ether oxygens (including phenoxy) is 3. The Morgan fingerprint density at radius 2 is 1.78 bits per heavy atom. The first-order chi connectivity index (χ1) is 17.7. The highest BCUT2D eigenvalue weighted by atomic mass is 32.1. The zero-order valence-electron chi connectivity index (χ0n) is 19.8. The number of benzene rings is 3. The molecular weight excluding hydrogens is 472 g/mol. The Morgan fingerprint density at radius 3 is 2.61 bits per heavy atom. The summed E-state index contributed by atoms with van der Waals surface area (Å²) in [6.07, 6.45) is 3.30. The molecule has 0 atom stereocenters. The van der Waals surface area contributed by atoms with Gasteiger partial charge in [0.1, 0.15) is 35.0 Å². The van der Waals surface area contributed by atoms with Crippen LogP contribution >= 0.6 is 11.3 Å². The van der Waals surface area contributed by atoms with Crippen molar-refractivity contribution >= 4 is 33.6 Å². The standard InChI is InChI=1S/C28H24N4O3S/c1-33-22-9-6-10-23(14-22)35-16-21-13-19(11-12-25(21)34-2)15-31-32-27-26-24(20-7-4-3-5-8-20)17-36-28(26)30-18-29-27/h3-15,17-18H,16H2,1-2H3,(H,29,30,32)/b31-15-. The summed E-state index contributed by atoms with van der Waals surface area (Å²) < 4.78 is 16.8. The van der Waals surface area contributed by atoms with Gasteiger partial charge >= 0.3 is 0 Å². The van der Waals surface area contributed by atoms with Crippen LogP contribution < -0.4 is 19.6 Å². The summed E-state index contributed by atoms with van der Waals surface area (Å²) in [6.45, 7) is 0.341. The molecule has 0 aliphatic rings. The number of hydrogen-bond acceptors (Lipinski definition) is 8. The third kappa shape index (κ3) is 5.13. The van der Waals surface area contributed by atoms with Gasteiger partial charge in [-0.1, -0.05) is 36.4 Å². The molecule has 7 nitrogen and oxygen atoms in total. The molecule has 0 saturated carbocycles. The van der Waals surface area contributed by atoms with Crippen LogP contribution in [0.4, 0.5) is 5.82 Å². The number of rotatable bonds is 9. The Morgan fingerprint density at radius 1 is 0.917 bits per heavy atom. The average molecular weight is 497 g/mol. The van der Waals surface area contributed by atoms with E-state index in [1.807, 2.05) is 60.7 Å². The lowest BCUT2D eigenvalue weighted by molar-refractivity contribution is 0.294. The molecule has 5 rings (SSSR count). The van der Waals surface area contributed by atoms with E-state index in [2.05, 4.69) is 38.0 Å². The van der Waals surface area contributed by atoms with Crippen molar-refractivity contribution in [2.75, 3.05) is 19.6 Å². The first kappa shape index (κ1) is 23.3. The van der Waals surface area contributed by atoms with Crippen LogP contribution in [0.5, 0.6) is 17.2 Å². The minimum absolute atomic E-state index is 0.341. The third-order valence-electron chi connectivity index (χ3n) is 5.58. The molecule has 0 saturated heterocycles. The van der Waals surface area contributed by atoms with Crippen LogP contribution in [0.15, 0.2) is 89.6 Å². The summed E-state index contributed by atoms with van der Waals surface area (Å²) in [5.41, 5.74) is 7.09.